The number of fused-ring (bicyclic) bond motifs is 1. The number of anilines is 1. The standard InChI is InChI=1S/C17H21N7O/c1-14-4-7-23(19-14)8-5-17(25)22-12-10-21(11-13-22)16-3-2-15-18-6-9-24(15)20-16/h2-4,6-7,9H,5,8,10-13H2,1H3. The molecule has 1 amide bonds. The Hall–Kier alpha value is -2.90. The zero-order valence-electron chi connectivity index (χ0n) is 14.2. The number of rotatable bonds is 4. The van der Waals surface area contributed by atoms with E-state index in [4.69, 9.17) is 0 Å². The molecule has 4 heterocycles. The molecule has 0 N–H and O–H groups in total. The van der Waals surface area contributed by atoms with Crippen molar-refractivity contribution in [3.8, 4) is 0 Å². The number of piperazine rings is 1. The van der Waals surface area contributed by atoms with Gasteiger partial charge < -0.3 is 9.80 Å². The van der Waals surface area contributed by atoms with Gasteiger partial charge in [0, 0.05) is 57.7 Å². The van der Waals surface area contributed by atoms with Crippen molar-refractivity contribution in [1.29, 1.82) is 0 Å². The number of carbonyl (C=O) groups is 1. The van der Waals surface area contributed by atoms with Crippen LogP contribution in [0, 0.1) is 6.92 Å². The van der Waals surface area contributed by atoms with Crippen molar-refractivity contribution >= 4 is 17.4 Å². The third-order valence-electron chi connectivity index (χ3n) is 4.53. The van der Waals surface area contributed by atoms with E-state index in [9.17, 15) is 4.79 Å². The number of nitrogens with zero attached hydrogens (tertiary/aromatic N) is 7. The van der Waals surface area contributed by atoms with Gasteiger partial charge in [-0.2, -0.15) is 5.10 Å². The Labute approximate surface area is 145 Å². The highest BCUT2D eigenvalue weighted by Crippen LogP contribution is 2.14. The molecule has 3 aromatic rings. The van der Waals surface area contributed by atoms with E-state index in [1.165, 1.54) is 0 Å². The summed E-state index contributed by atoms with van der Waals surface area (Å²) in [6, 6.07) is 5.90. The Morgan fingerprint density at radius 3 is 2.68 bits per heavy atom. The van der Waals surface area contributed by atoms with Crippen LogP contribution in [0.1, 0.15) is 12.1 Å². The molecule has 1 aliphatic rings. The van der Waals surface area contributed by atoms with Crippen LogP contribution in [0.15, 0.2) is 36.8 Å². The fourth-order valence-corrected chi connectivity index (χ4v) is 3.11. The van der Waals surface area contributed by atoms with Crippen LogP contribution in [0.4, 0.5) is 5.82 Å². The number of hydrogen-bond donors (Lipinski definition) is 0. The molecule has 0 unspecified atom stereocenters. The summed E-state index contributed by atoms with van der Waals surface area (Å²) in [5.74, 6) is 1.11. The molecule has 8 heteroatoms. The zero-order valence-corrected chi connectivity index (χ0v) is 14.2. The average Bonchev–Trinajstić information content (AvgIpc) is 3.27. The van der Waals surface area contributed by atoms with Crippen molar-refractivity contribution in [2.45, 2.75) is 19.9 Å². The van der Waals surface area contributed by atoms with Crippen LogP contribution in [0.3, 0.4) is 0 Å². The number of imidazole rings is 1. The summed E-state index contributed by atoms with van der Waals surface area (Å²) in [5.41, 5.74) is 1.81. The third kappa shape index (κ3) is 3.33. The van der Waals surface area contributed by atoms with E-state index in [2.05, 4.69) is 20.1 Å². The fourth-order valence-electron chi connectivity index (χ4n) is 3.11. The summed E-state index contributed by atoms with van der Waals surface area (Å²) in [4.78, 5) is 20.8. The molecule has 0 saturated carbocycles. The highest BCUT2D eigenvalue weighted by molar-refractivity contribution is 5.76. The lowest BCUT2D eigenvalue weighted by Gasteiger charge is -2.35. The Morgan fingerprint density at radius 2 is 1.92 bits per heavy atom. The molecule has 0 aliphatic carbocycles. The van der Waals surface area contributed by atoms with Crippen LogP contribution in [0.2, 0.25) is 0 Å². The van der Waals surface area contributed by atoms with E-state index in [-0.39, 0.29) is 5.91 Å². The first-order valence-electron chi connectivity index (χ1n) is 8.52. The minimum atomic E-state index is 0.186. The Balaban J connectivity index is 1.32. The predicted octanol–water partition coefficient (Wildman–Crippen LogP) is 0.973. The van der Waals surface area contributed by atoms with Crippen molar-refractivity contribution in [3.05, 3.63) is 42.5 Å². The molecule has 25 heavy (non-hydrogen) atoms. The second kappa shape index (κ2) is 6.54. The van der Waals surface area contributed by atoms with E-state index in [1.54, 1.807) is 10.7 Å². The molecular formula is C17H21N7O. The SMILES string of the molecule is Cc1ccn(CCC(=O)N2CCN(c3ccc4nccn4n3)CC2)n1. The normalized spacial score (nSPS) is 15.1. The molecule has 0 atom stereocenters. The van der Waals surface area contributed by atoms with Crippen LogP contribution in [0.25, 0.3) is 5.65 Å². The maximum Gasteiger partial charge on any atom is 0.224 e. The van der Waals surface area contributed by atoms with Gasteiger partial charge in [-0.15, -0.1) is 5.10 Å². The third-order valence-corrected chi connectivity index (χ3v) is 4.53. The number of aromatic nitrogens is 5. The molecule has 4 rings (SSSR count). The zero-order chi connectivity index (χ0) is 17.2. The molecule has 1 saturated heterocycles. The van der Waals surface area contributed by atoms with Crippen molar-refractivity contribution in [2.24, 2.45) is 0 Å². The lowest BCUT2D eigenvalue weighted by Crippen LogP contribution is -2.49. The lowest BCUT2D eigenvalue weighted by atomic mass is 10.2. The van der Waals surface area contributed by atoms with Crippen LogP contribution >= 0.6 is 0 Å². The van der Waals surface area contributed by atoms with Gasteiger partial charge in [0.1, 0.15) is 5.82 Å². The molecule has 1 fully saturated rings. The topological polar surface area (TPSA) is 71.6 Å². The average molecular weight is 339 g/mol. The molecule has 0 spiro atoms. The van der Waals surface area contributed by atoms with Gasteiger partial charge in [-0.1, -0.05) is 0 Å². The molecule has 0 radical (unpaired) electrons. The number of amides is 1. The van der Waals surface area contributed by atoms with Gasteiger partial charge in [-0.05, 0) is 25.1 Å². The van der Waals surface area contributed by atoms with Gasteiger partial charge in [0.05, 0.1) is 5.69 Å². The quantitative estimate of drug-likeness (QED) is 0.708. The van der Waals surface area contributed by atoms with E-state index >= 15 is 0 Å². The van der Waals surface area contributed by atoms with Crippen LogP contribution in [-0.2, 0) is 11.3 Å². The fraction of sp³-hybridized carbons (Fsp3) is 0.412. The predicted molar refractivity (Wildman–Crippen MR) is 93.4 cm³/mol. The minimum Gasteiger partial charge on any atom is -0.352 e. The van der Waals surface area contributed by atoms with Crippen molar-refractivity contribution in [1.82, 2.24) is 29.3 Å². The first kappa shape index (κ1) is 15.6. The number of aryl methyl sites for hydroxylation is 2. The highest BCUT2D eigenvalue weighted by atomic mass is 16.2. The second-order valence-corrected chi connectivity index (χ2v) is 6.26. The molecule has 130 valence electrons. The summed E-state index contributed by atoms with van der Waals surface area (Å²) in [7, 11) is 0. The molecule has 0 aromatic carbocycles. The van der Waals surface area contributed by atoms with E-state index in [0.29, 0.717) is 13.0 Å². The summed E-state index contributed by atoms with van der Waals surface area (Å²) >= 11 is 0. The van der Waals surface area contributed by atoms with E-state index < -0.39 is 0 Å². The van der Waals surface area contributed by atoms with Crippen molar-refractivity contribution < 1.29 is 4.79 Å². The highest BCUT2D eigenvalue weighted by Gasteiger charge is 2.22. The Bertz CT molecular complexity index is 876. The molecule has 8 nitrogen and oxygen atoms in total. The maximum absolute atomic E-state index is 12.4. The van der Waals surface area contributed by atoms with Crippen molar-refractivity contribution in [2.75, 3.05) is 31.1 Å². The Morgan fingerprint density at radius 1 is 1.08 bits per heavy atom. The van der Waals surface area contributed by atoms with Gasteiger partial charge in [-0.25, -0.2) is 9.50 Å². The van der Waals surface area contributed by atoms with E-state index in [1.807, 2.05) is 47.1 Å². The molecule has 3 aromatic heterocycles. The molecule has 0 bridgehead atoms. The smallest absolute Gasteiger partial charge is 0.224 e. The summed E-state index contributed by atoms with van der Waals surface area (Å²) in [6.45, 7) is 5.61. The Kier molecular flexibility index (Phi) is 4.09. The first-order chi connectivity index (χ1) is 12.2. The summed E-state index contributed by atoms with van der Waals surface area (Å²) in [5, 5.41) is 8.89. The summed E-state index contributed by atoms with van der Waals surface area (Å²) in [6.07, 6.45) is 5.98. The minimum absolute atomic E-state index is 0.186. The first-order valence-corrected chi connectivity index (χ1v) is 8.52. The van der Waals surface area contributed by atoms with Gasteiger partial charge in [0.2, 0.25) is 5.91 Å². The number of carbonyl (C=O) groups excluding carboxylic acids is 1. The monoisotopic (exact) mass is 339 g/mol. The largest absolute Gasteiger partial charge is 0.352 e. The second-order valence-electron chi connectivity index (χ2n) is 6.26. The van der Waals surface area contributed by atoms with Crippen molar-refractivity contribution in [3.63, 3.8) is 0 Å². The van der Waals surface area contributed by atoms with Gasteiger partial charge >= 0.3 is 0 Å². The van der Waals surface area contributed by atoms with Gasteiger partial charge in [0.25, 0.3) is 0 Å². The molecular weight excluding hydrogens is 318 g/mol. The van der Waals surface area contributed by atoms with Gasteiger partial charge in [0.15, 0.2) is 5.65 Å². The van der Waals surface area contributed by atoms with Crippen LogP contribution in [-0.4, -0.2) is 61.4 Å². The van der Waals surface area contributed by atoms with E-state index in [0.717, 1.165) is 43.3 Å². The summed E-state index contributed by atoms with van der Waals surface area (Å²) < 4.78 is 3.60. The van der Waals surface area contributed by atoms with Crippen LogP contribution < -0.4 is 4.90 Å². The molecule has 1 aliphatic heterocycles. The lowest BCUT2D eigenvalue weighted by molar-refractivity contribution is -0.131. The number of hydrogen-bond acceptors (Lipinski definition) is 5. The van der Waals surface area contributed by atoms with Gasteiger partial charge in [-0.3, -0.25) is 9.48 Å². The maximum atomic E-state index is 12.4. The van der Waals surface area contributed by atoms with Crippen LogP contribution in [0.5, 0.6) is 0 Å².